The second kappa shape index (κ2) is 4.44. The van der Waals surface area contributed by atoms with E-state index in [2.05, 4.69) is 0 Å². The van der Waals surface area contributed by atoms with Gasteiger partial charge in [-0.3, -0.25) is 0 Å². The van der Waals surface area contributed by atoms with Crippen LogP contribution in [0, 0.1) is 12.7 Å². The van der Waals surface area contributed by atoms with Gasteiger partial charge in [-0.25, -0.2) is 4.39 Å². The predicted octanol–water partition coefficient (Wildman–Crippen LogP) is 4.82. The van der Waals surface area contributed by atoms with Crippen LogP contribution in [0.3, 0.4) is 0 Å². The average Bonchev–Trinajstić information content (AvgIpc) is 2.27. The minimum Gasteiger partial charge on any atom is -0.207 e. The van der Waals surface area contributed by atoms with Gasteiger partial charge in [0.1, 0.15) is 5.82 Å². The summed E-state index contributed by atoms with van der Waals surface area (Å²) in [6, 6.07) is 9.24. The standard InChI is InChI=1S/C14H10F4/c1-9-7-11(14(16,17)18)5-6-13(9)10-3-2-4-12(15)8-10/h2-8H,1H3. The minimum absolute atomic E-state index is 0.410. The molecule has 4 heteroatoms. The lowest BCUT2D eigenvalue weighted by molar-refractivity contribution is -0.137. The van der Waals surface area contributed by atoms with Gasteiger partial charge in [-0.2, -0.15) is 13.2 Å². The van der Waals surface area contributed by atoms with Crippen molar-refractivity contribution in [3.05, 3.63) is 59.4 Å². The number of halogens is 4. The maximum absolute atomic E-state index is 13.1. The van der Waals surface area contributed by atoms with E-state index in [9.17, 15) is 17.6 Å². The zero-order valence-electron chi connectivity index (χ0n) is 9.55. The molecule has 0 fully saturated rings. The second-order valence-corrected chi connectivity index (χ2v) is 4.04. The highest BCUT2D eigenvalue weighted by Crippen LogP contribution is 2.33. The zero-order valence-corrected chi connectivity index (χ0v) is 9.55. The molecule has 0 bridgehead atoms. The van der Waals surface area contributed by atoms with Gasteiger partial charge in [0.05, 0.1) is 5.56 Å². The summed E-state index contributed by atoms with van der Waals surface area (Å²) in [6.07, 6.45) is -4.36. The lowest BCUT2D eigenvalue weighted by Crippen LogP contribution is -2.05. The van der Waals surface area contributed by atoms with Crippen LogP contribution >= 0.6 is 0 Å². The van der Waals surface area contributed by atoms with E-state index in [4.69, 9.17) is 0 Å². The van der Waals surface area contributed by atoms with Gasteiger partial charge in [-0.15, -0.1) is 0 Å². The molecule has 94 valence electrons. The van der Waals surface area contributed by atoms with E-state index in [1.165, 1.54) is 24.3 Å². The molecule has 0 nitrogen and oxygen atoms in total. The van der Waals surface area contributed by atoms with Gasteiger partial charge in [-0.05, 0) is 47.9 Å². The third kappa shape index (κ3) is 2.53. The van der Waals surface area contributed by atoms with E-state index in [1.807, 2.05) is 0 Å². The maximum Gasteiger partial charge on any atom is 0.416 e. The molecule has 0 spiro atoms. The van der Waals surface area contributed by atoms with Crippen LogP contribution in [0.5, 0.6) is 0 Å². The zero-order chi connectivity index (χ0) is 13.3. The van der Waals surface area contributed by atoms with Gasteiger partial charge in [0, 0.05) is 0 Å². The van der Waals surface area contributed by atoms with Crippen molar-refractivity contribution >= 4 is 0 Å². The quantitative estimate of drug-likeness (QED) is 0.640. The molecular weight excluding hydrogens is 244 g/mol. The molecule has 0 atom stereocenters. The van der Waals surface area contributed by atoms with Gasteiger partial charge in [-0.1, -0.05) is 18.2 Å². The molecule has 0 aliphatic heterocycles. The Hall–Kier alpha value is -1.84. The molecule has 2 aromatic carbocycles. The van der Waals surface area contributed by atoms with Crippen LogP contribution in [0.4, 0.5) is 17.6 Å². The summed E-state index contributed by atoms with van der Waals surface area (Å²) < 4.78 is 50.6. The maximum atomic E-state index is 13.1. The van der Waals surface area contributed by atoms with Crippen molar-refractivity contribution in [2.45, 2.75) is 13.1 Å². The third-order valence-electron chi connectivity index (χ3n) is 2.69. The molecule has 0 aromatic heterocycles. The fourth-order valence-electron chi connectivity index (χ4n) is 1.82. The van der Waals surface area contributed by atoms with Crippen molar-refractivity contribution in [2.24, 2.45) is 0 Å². The first-order chi connectivity index (χ1) is 8.38. The molecule has 0 aliphatic rings. The summed E-state index contributed by atoms with van der Waals surface area (Å²) >= 11 is 0. The first-order valence-electron chi connectivity index (χ1n) is 5.32. The molecule has 2 rings (SSSR count). The van der Waals surface area contributed by atoms with E-state index in [0.717, 1.165) is 12.1 Å². The van der Waals surface area contributed by atoms with Gasteiger partial charge in [0.15, 0.2) is 0 Å². The van der Waals surface area contributed by atoms with Crippen molar-refractivity contribution in [3.8, 4) is 11.1 Å². The molecule has 0 saturated heterocycles. The second-order valence-electron chi connectivity index (χ2n) is 4.04. The molecule has 0 heterocycles. The largest absolute Gasteiger partial charge is 0.416 e. The number of rotatable bonds is 1. The first-order valence-corrected chi connectivity index (χ1v) is 5.32. The Bertz CT molecular complexity index is 570. The topological polar surface area (TPSA) is 0 Å². The summed E-state index contributed by atoms with van der Waals surface area (Å²) in [5.41, 5.74) is 0.944. The van der Waals surface area contributed by atoms with Gasteiger partial charge >= 0.3 is 6.18 Å². The van der Waals surface area contributed by atoms with Crippen LogP contribution in [-0.4, -0.2) is 0 Å². The molecule has 18 heavy (non-hydrogen) atoms. The Morgan fingerprint density at radius 3 is 2.22 bits per heavy atom. The van der Waals surface area contributed by atoms with E-state index < -0.39 is 17.6 Å². The fourth-order valence-corrected chi connectivity index (χ4v) is 1.82. The van der Waals surface area contributed by atoms with Crippen molar-refractivity contribution in [2.75, 3.05) is 0 Å². The van der Waals surface area contributed by atoms with E-state index >= 15 is 0 Å². The number of hydrogen-bond acceptors (Lipinski definition) is 0. The summed E-state index contributed by atoms with van der Waals surface area (Å²) in [5, 5.41) is 0. The monoisotopic (exact) mass is 254 g/mol. The Kier molecular flexibility index (Phi) is 3.11. The molecule has 0 amide bonds. The van der Waals surface area contributed by atoms with Crippen molar-refractivity contribution < 1.29 is 17.6 Å². The van der Waals surface area contributed by atoms with Crippen molar-refractivity contribution in [3.63, 3.8) is 0 Å². The summed E-state index contributed by atoms with van der Waals surface area (Å²) in [5.74, 6) is -0.410. The Morgan fingerprint density at radius 2 is 1.67 bits per heavy atom. The predicted molar refractivity (Wildman–Crippen MR) is 61.6 cm³/mol. The molecule has 2 aromatic rings. The highest BCUT2D eigenvalue weighted by Gasteiger charge is 2.30. The van der Waals surface area contributed by atoms with Crippen molar-refractivity contribution in [1.29, 1.82) is 0 Å². The number of benzene rings is 2. The average molecular weight is 254 g/mol. The molecule has 0 saturated carbocycles. The Labute approximate surface area is 102 Å². The van der Waals surface area contributed by atoms with Crippen LogP contribution in [0.15, 0.2) is 42.5 Å². The lowest BCUT2D eigenvalue weighted by atomic mass is 9.98. The minimum atomic E-state index is -4.36. The van der Waals surface area contributed by atoms with Crippen molar-refractivity contribution in [1.82, 2.24) is 0 Å². The van der Waals surface area contributed by atoms with Crippen LogP contribution in [0.25, 0.3) is 11.1 Å². The third-order valence-corrected chi connectivity index (χ3v) is 2.69. The molecular formula is C14H10F4. The van der Waals surface area contributed by atoms with Gasteiger partial charge in [0.25, 0.3) is 0 Å². The van der Waals surface area contributed by atoms with Gasteiger partial charge in [0.2, 0.25) is 0 Å². The van der Waals surface area contributed by atoms with E-state index in [0.29, 0.717) is 16.7 Å². The van der Waals surface area contributed by atoms with Crippen LogP contribution in [-0.2, 0) is 6.18 Å². The Balaban J connectivity index is 2.48. The highest BCUT2D eigenvalue weighted by molar-refractivity contribution is 5.67. The van der Waals surface area contributed by atoms with E-state index in [-0.39, 0.29) is 0 Å². The normalized spacial score (nSPS) is 11.6. The molecule has 0 aliphatic carbocycles. The summed E-state index contributed by atoms with van der Waals surface area (Å²) in [4.78, 5) is 0. The summed E-state index contributed by atoms with van der Waals surface area (Å²) in [7, 11) is 0. The van der Waals surface area contributed by atoms with Crippen LogP contribution < -0.4 is 0 Å². The Morgan fingerprint density at radius 1 is 0.944 bits per heavy atom. The number of hydrogen-bond donors (Lipinski definition) is 0. The molecule has 0 unspecified atom stereocenters. The molecule has 0 N–H and O–H groups in total. The number of alkyl halides is 3. The van der Waals surface area contributed by atoms with Crippen LogP contribution in [0.2, 0.25) is 0 Å². The summed E-state index contributed by atoms with van der Waals surface area (Å²) in [6.45, 7) is 1.58. The van der Waals surface area contributed by atoms with E-state index in [1.54, 1.807) is 13.0 Å². The SMILES string of the molecule is Cc1cc(C(F)(F)F)ccc1-c1cccc(F)c1. The first kappa shape index (κ1) is 12.6. The number of aryl methyl sites for hydroxylation is 1. The lowest BCUT2D eigenvalue weighted by Gasteiger charge is -2.11. The highest BCUT2D eigenvalue weighted by atomic mass is 19.4. The molecule has 0 radical (unpaired) electrons. The smallest absolute Gasteiger partial charge is 0.207 e. The van der Waals surface area contributed by atoms with Gasteiger partial charge < -0.3 is 0 Å². The van der Waals surface area contributed by atoms with Crippen LogP contribution in [0.1, 0.15) is 11.1 Å². The fraction of sp³-hybridized carbons (Fsp3) is 0.143.